The molecule has 0 atom stereocenters. The Bertz CT molecular complexity index is 4230. The number of H-pyrrole nitrogens is 1. The van der Waals surface area contributed by atoms with E-state index < -0.39 is 0 Å². The first kappa shape index (κ1) is 46.5. The van der Waals surface area contributed by atoms with E-state index >= 15 is 0 Å². The van der Waals surface area contributed by atoms with Crippen LogP contribution >= 0.6 is 0 Å². The number of nitrogens with two attached hydrogens (primary N) is 1. The molecule has 8 nitrogen and oxygen atoms in total. The summed E-state index contributed by atoms with van der Waals surface area (Å²) in [6.07, 6.45) is 3.61. The van der Waals surface area contributed by atoms with Gasteiger partial charge in [0.05, 0.1) is 0 Å². The maximum Gasteiger partial charge on any atom is 0.164 e. The smallest absolute Gasteiger partial charge is 0.164 e. The zero-order valence-electron chi connectivity index (χ0n) is 43.5. The molecule has 0 saturated heterocycles. The monoisotopic (exact) mass is 943 g/mol. The number of aromatic nitrogens is 6. The third-order valence-corrected chi connectivity index (χ3v) is 14.5. The van der Waals surface area contributed by atoms with Gasteiger partial charge in [-0.25, -0.2) is 24.9 Å². The molecule has 0 aliphatic carbocycles. The quantitative estimate of drug-likeness (QED) is 0.139. The summed E-state index contributed by atoms with van der Waals surface area (Å²) >= 11 is 0. The second-order valence-electron chi connectivity index (χ2n) is 24.0. The van der Waals surface area contributed by atoms with Gasteiger partial charge in [0.25, 0.3) is 0 Å². The summed E-state index contributed by atoms with van der Waals surface area (Å²) in [5, 5.41) is 22.8. The minimum atomic E-state index is -0.0603. The van der Waals surface area contributed by atoms with E-state index in [1.165, 1.54) is 22.3 Å². The van der Waals surface area contributed by atoms with Crippen LogP contribution in [0.3, 0.4) is 0 Å². The van der Waals surface area contributed by atoms with Gasteiger partial charge in [0.1, 0.15) is 17.1 Å². The van der Waals surface area contributed by atoms with Gasteiger partial charge in [-0.2, -0.15) is 0 Å². The number of fused-ring (bicyclic) bond motifs is 16. The molecular weight excluding hydrogens is 881 g/mol. The molecule has 0 unspecified atom stereocenters. The van der Waals surface area contributed by atoms with E-state index in [0.29, 0.717) is 33.7 Å². The largest absolute Gasteiger partial charge is 0.383 e. The highest BCUT2D eigenvalue weighted by molar-refractivity contribution is 6.11. The third kappa shape index (κ3) is 8.42. The molecule has 2 aromatic heterocycles. The normalized spacial score (nSPS) is 12.8. The highest BCUT2D eigenvalue weighted by Gasteiger charge is 2.23. The fourth-order valence-corrected chi connectivity index (χ4v) is 9.94. The highest BCUT2D eigenvalue weighted by Crippen LogP contribution is 2.40. The first-order valence-corrected chi connectivity index (χ1v) is 25.0. The number of benzene rings is 8. The van der Waals surface area contributed by atoms with Crippen LogP contribution in [0.1, 0.15) is 105 Å². The van der Waals surface area contributed by atoms with Crippen molar-refractivity contribution in [1.29, 1.82) is 5.41 Å². The number of aromatic amines is 1. The lowest BCUT2D eigenvalue weighted by molar-refractivity contribution is 0.591. The maximum absolute atomic E-state index is 9.69. The number of hydrogen-bond acceptors (Lipinski definition) is 7. The molecule has 0 radical (unpaired) electrons. The van der Waals surface area contributed by atoms with Gasteiger partial charge in [-0.15, -0.1) is 0 Å². The Morgan fingerprint density at radius 1 is 0.361 bits per heavy atom. The Kier molecular flexibility index (Phi) is 10.6. The highest BCUT2D eigenvalue weighted by atomic mass is 15.0. The zero-order chi connectivity index (χ0) is 50.8. The molecule has 0 saturated carbocycles. The topological polar surface area (TPSA) is 130 Å². The molecule has 3 heterocycles. The van der Waals surface area contributed by atoms with Crippen LogP contribution in [0, 0.1) is 5.41 Å². The standard InChI is InChI=1S/C64H62N8/c1-61(2,3)45-17-13-35-27-49-44(22-40(35)24-45)34-68-57-51-29-37-15-19-47(63(7,8)9)25-41(37)31-53(51)59(70-57)72-60-52-30-38-16-20-48(64(10,11)12)26-42(38)32-54(52)58(71-60)69-56(66)50-28-36-14-18-46(62(4,5)6)23-39(36)21-43(50)33-67-55(49)65/h13-34,65,70H,1-12H3,(H2,66,69,71,72). The number of rotatable bonds is 0. The Labute approximate surface area is 420 Å². The zero-order valence-corrected chi connectivity index (χ0v) is 43.5. The predicted octanol–water partition coefficient (Wildman–Crippen LogP) is 15.9. The van der Waals surface area contributed by atoms with Gasteiger partial charge in [-0.3, -0.25) is 5.41 Å². The second-order valence-corrected chi connectivity index (χ2v) is 24.0. The number of hydrogen-bond donors (Lipinski definition) is 3. The van der Waals surface area contributed by atoms with E-state index in [4.69, 9.17) is 30.7 Å². The Balaban J connectivity index is 1.31. The number of nitrogens with zero attached hydrogens (tertiary/aromatic N) is 5. The van der Waals surface area contributed by atoms with Gasteiger partial charge in [-0.1, -0.05) is 156 Å². The van der Waals surface area contributed by atoms with Crippen LogP contribution in [-0.4, -0.2) is 29.9 Å². The van der Waals surface area contributed by atoms with Crippen molar-refractivity contribution in [2.75, 3.05) is 5.73 Å². The molecule has 1 aliphatic heterocycles. The minimum Gasteiger partial charge on any atom is -0.383 e. The summed E-state index contributed by atoms with van der Waals surface area (Å²) in [6.45, 7) is 26.7. The molecule has 0 amide bonds. The number of nitrogen functional groups attached to an aromatic ring is 1. The third-order valence-electron chi connectivity index (χ3n) is 14.5. The van der Waals surface area contributed by atoms with Crippen LogP contribution in [0.5, 0.6) is 0 Å². The van der Waals surface area contributed by atoms with E-state index in [9.17, 15) is 5.41 Å². The average Bonchev–Trinajstić information content (AvgIpc) is 3.82. The van der Waals surface area contributed by atoms with E-state index in [0.717, 1.165) is 75.8 Å². The molecule has 4 bridgehead atoms. The number of anilines is 1. The first-order chi connectivity index (χ1) is 33.9. The van der Waals surface area contributed by atoms with Crippen molar-refractivity contribution in [3.8, 4) is 22.8 Å². The lowest BCUT2D eigenvalue weighted by Crippen LogP contribution is -2.10. The van der Waals surface area contributed by atoms with Gasteiger partial charge < -0.3 is 10.7 Å². The van der Waals surface area contributed by atoms with E-state index in [2.05, 4.69) is 209 Å². The molecule has 4 N–H and O–H groups in total. The van der Waals surface area contributed by atoms with Gasteiger partial charge in [0.15, 0.2) is 17.1 Å². The van der Waals surface area contributed by atoms with Gasteiger partial charge in [0, 0.05) is 55.8 Å². The summed E-state index contributed by atoms with van der Waals surface area (Å²) in [5.74, 6) is 1.27. The minimum absolute atomic E-state index is 0.0366. The van der Waals surface area contributed by atoms with Crippen molar-refractivity contribution in [1.82, 2.24) is 29.9 Å². The molecule has 72 heavy (non-hydrogen) atoms. The summed E-state index contributed by atoms with van der Waals surface area (Å²) in [4.78, 5) is 29.7. The van der Waals surface area contributed by atoms with E-state index in [1.54, 1.807) is 6.20 Å². The van der Waals surface area contributed by atoms with Crippen LogP contribution in [0.15, 0.2) is 134 Å². The Morgan fingerprint density at radius 3 is 1.25 bits per heavy atom. The molecule has 10 aromatic rings. The predicted molar refractivity (Wildman–Crippen MR) is 303 cm³/mol. The van der Waals surface area contributed by atoms with Crippen LogP contribution in [-0.2, 0) is 21.7 Å². The van der Waals surface area contributed by atoms with Crippen LogP contribution < -0.4 is 11.2 Å². The second kappa shape index (κ2) is 16.4. The average molecular weight is 943 g/mol. The van der Waals surface area contributed by atoms with E-state index in [-0.39, 0.29) is 33.0 Å². The molecule has 11 rings (SSSR count). The summed E-state index contributed by atoms with van der Waals surface area (Å²) in [7, 11) is 0. The molecule has 358 valence electrons. The van der Waals surface area contributed by atoms with Gasteiger partial charge in [0.2, 0.25) is 0 Å². The maximum atomic E-state index is 9.69. The fourth-order valence-electron chi connectivity index (χ4n) is 9.94. The van der Waals surface area contributed by atoms with Crippen molar-refractivity contribution in [3.05, 3.63) is 161 Å². The van der Waals surface area contributed by atoms with Crippen molar-refractivity contribution in [3.63, 3.8) is 0 Å². The molecule has 1 aliphatic rings. The molecular formula is C64H62N8. The van der Waals surface area contributed by atoms with Crippen molar-refractivity contribution in [2.24, 2.45) is 0 Å². The number of nitrogens with one attached hydrogen (secondary N) is 2. The van der Waals surface area contributed by atoms with Gasteiger partial charge in [-0.05, 0) is 136 Å². The summed E-state index contributed by atoms with van der Waals surface area (Å²) in [6, 6.07) is 43.6. The first-order valence-electron chi connectivity index (χ1n) is 25.0. The Hall–Kier alpha value is -7.84. The molecule has 0 spiro atoms. The lowest BCUT2D eigenvalue weighted by Gasteiger charge is -2.19. The van der Waals surface area contributed by atoms with Crippen molar-refractivity contribution < 1.29 is 0 Å². The Morgan fingerprint density at radius 2 is 0.736 bits per heavy atom. The van der Waals surface area contributed by atoms with Crippen molar-refractivity contribution >= 4 is 92.5 Å². The summed E-state index contributed by atoms with van der Waals surface area (Å²) < 4.78 is 0. The van der Waals surface area contributed by atoms with Gasteiger partial charge >= 0.3 is 0 Å². The molecule has 8 heteroatoms. The molecule has 8 aromatic carbocycles. The molecule has 0 fully saturated rings. The van der Waals surface area contributed by atoms with Crippen LogP contribution in [0.4, 0.5) is 5.82 Å². The van der Waals surface area contributed by atoms with Crippen molar-refractivity contribution in [2.45, 2.75) is 105 Å². The van der Waals surface area contributed by atoms with Crippen LogP contribution in [0.2, 0.25) is 0 Å². The van der Waals surface area contributed by atoms with Crippen LogP contribution in [0.25, 0.3) is 109 Å². The fraction of sp³-hybridized carbons (Fsp3) is 0.250. The SMILES string of the molecule is CC(C)(C)c1ccc2cc3c(cc2c1)-c1nc-3nc2[nH]c(ncc3cc4cc(C(C)(C)C)ccc4cc3c(=N)ncc3cc4cc(C(C)(C)C)ccc4cc3c(N)n1)c1cc3ccc(C(C)(C)C)cc3cc21. The lowest BCUT2D eigenvalue weighted by atomic mass is 9.85. The van der Waals surface area contributed by atoms with E-state index in [1.807, 2.05) is 6.20 Å². The summed E-state index contributed by atoms with van der Waals surface area (Å²) in [5.41, 5.74) is 15.0.